The Bertz CT molecular complexity index is 1730. The van der Waals surface area contributed by atoms with Crippen LogP contribution in [0.1, 0.15) is 5.56 Å². The molecule has 0 saturated carbocycles. The number of carbonyl (C=O) groups excluding carboxylic acids is 1. The molecular formula is C27H24N4O4S. The number of benzene rings is 2. The molecule has 2 N–H and O–H groups in total. The summed E-state index contributed by atoms with van der Waals surface area (Å²) in [4.78, 5) is 16.1. The minimum Gasteiger partial charge on any atom is -0.492 e. The summed E-state index contributed by atoms with van der Waals surface area (Å²) in [6.07, 6.45) is 7.53. The van der Waals surface area contributed by atoms with Gasteiger partial charge in [0.25, 0.3) is 0 Å². The molecule has 8 nitrogen and oxygen atoms in total. The molecule has 2 aromatic carbocycles. The summed E-state index contributed by atoms with van der Waals surface area (Å²) < 4.78 is 30.7. The van der Waals surface area contributed by atoms with Crippen molar-refractivity contribution in [1.82, 2.24) is 14.1 Å². The predicted octanol–water partition coefficient (Wildman–Crippen LogP) is 4.54. The van der Waals surface area contributed by atoms with Gasteiger partial charge in [0, 0.05) is 41.5 Å². The van der Waals surface area contributed by atoms with E-state index in [0.29, 0.717) is 23.1 Å². The molecule has 0 aliphatic carbocycles. The Morgan fingerprint density at radius 3 is 2.61 bits per heavy atom. The molecule has 0 saturated heterocycles. The second-order valence-corrected chi connectivity index (χ2v) is 10.4. The third kappa shape index (κ3) is 4.48. The normalized spacial score (nSPS) is 11.7. The van der Waals surface area contributed by atoms with E-state index in [-0.39, 0.29) is 18.2 Å². The van der Waals surface area contributed by atoms with Crippen LogP contribution in [0.2, 0.25) is 0 Å². The molecule has 0 bridgehead atoms. The molecule has 0 amide bonds. The number of fused-ring (bicyclic) bond motifs is 2. The third-order valence-corrected chi connectivity index (χ3v) is 6.60. The zero-order valence-corrected chi connectivity index (χ0v) is 20.4. The monoisotopic (exact) mass is 500 g/mol. The minimum atomic E-state index is -3.55. The number of rotatable bonds is 8. The van der Waals surface area contributed by atoms with Crippen LogP contribution < -0.4 is 4.72 Å². The highest BCUT2D eigenvalue weighted by molar-refractivity contribution is 7.92. The van der Waals surface area contributed by atoms with Gasteiger partial charge in [-0.3, -0.25) is 9.52 Å². The molecule has 3 aromatic heterocycles. The van der Waals surface area contributed by atoms with E-state index in [9.17, 15) is 18.3 Å². The predicted molar refractivity (Wildman–Crippen MR) is 142 cm³/mol. The molecule has 0 aliphatic rings. The smallest absolute Gasteiger partial charge is 0.236 e. The van der Waals surface area contributed by atoms with Crippen molar-refractivity contribution in [3.8, 4) is 17.0 Å². The van der Waals surface area contributed by atoms with E-state index in [1.54, 1.807) is 22.9 Å². The number of aromatic nitrogens is 3. The van der Waals surface area contributed by atoms with Crippen LogP contribution in [0.4, 0.5) is 5.69 Å². The average molecular weight is 501 g/mol. The summed E-state index contributed by atoms with van der Waals surface area (Å²) in [5.41, 5.74) is 4.25. The summed E-state index contributed by atoms with van der Waals surface area (Å²) in [6, 6.07) is 17.4. The molecule has 5 aromatic rings. The van der Waals surface area contributed by atoms with Gasteiger partial charge in [-0.05, 0) is 41.5 Å². The van der Waals surface area contributed by atoms with Gasteiger partial charge in [0.05, 0.1) is 24.0 Å². The van der Waals surface area contributed by atoms with Crippen molar-refractivity contribution in [1.29, 1.82) is 0 Å². The van der Waals surface area contributed by atoms with Crippen LogP contribution in [0.15, 0.2) is 85.8 Å². The van der Waals surface area contributed by atoms with Crippen molar-refractivity contribution in [2.75, 3.05) is 11.0 Å². The Hall–Kier alpha value is -4.37. The van der Waals surface area contributed by atoms with Crippen molar-refractivity contribution < 1.29 is 18.3 Å². The van der Waals surface area contributed by atoms with E-state index < -0.39 is 10.0 Å². The van der Waals surface area contributed by atoms with E-state index in [2.05, 4.69) is 20.9 Å². The van der Waals surface area contributed by atoms with Crippen molar-refractivity contribution in [3.63, 3.8) is 0 Å². The number of hydrogen-bond acceptors (Lipinski definition) is 5. The fourth-order valence-corrected chi connectivity index (χ4v) is 5.04. The highest BCUT2D eigenvalue weighted by Crippen LogP contribution is 2.38. The summed E-state index contributed by atoms with van der Waals surface area (Å²) in [7, 11) is -3.55. The lowest BCUT2D eigenvalue weighted by atomic mass is 10.0. The Morgan fingerprint density at radius 2 is 1.89 bits per heavy atom. The van der Waals surface area contributed by atoms with Gasteiger partial charge in [0.15, 0.2) is 5.78 Å². The van der Waals surface area contributed by atoms with E-state index in [0.717, 1.165) is 33.8 Å². The number of ketones is 1. The zero-order chi connectivity index (χ0) is 25.4. The molecule has 0 fully saturated rings. The van der Waals surface area contributed by atoms with Gasteiger partial charge in [-0.2, -0.15) is 0 Å². The molecule has 0 atom stereocenters. The second kappa shape index (κ2) is 9.01. The van der Waals surface area contributed by atoms with Gasteiger partial charge in [-0.25, -0.2) is 13.4 Å². The lowest BCUT2D eigenvalue weighted by molar-refractivity contribution is -0.115. The first-order valence-electron chi connectivity index (χ1n) is 11.2. The summed E-state index contributed by atoms with van der Waals surface area (Å²) in [6.45, 7) is 4.12. The number of anilines is 1. The number of allylic oxidation sites excluding steroid dienone is 1. The minimum absolute atomic E-state index is 0.0136. The zero-order valence-electron chi connectivity index (χ0n) is 19.5. The van der Waals surface area contributed by atoms with Crippen LogP contribution in [0.3, 0.4) is 0 Å². The van der Waals surface area contributed by atoms with E-state index in [1.165, 1.54) is 12.3 Å². The number of nitrogens with one attached hydrogen (secondary N) is 1. The first-order valence-corrected chi connectivity index (χ1v) is 13.1. The second-order valence-electron chi connectivity index (χ2n) is 8.63. The van der Waals surface area contributed by atoms with Gasteiger partial charge >= 0.3 is 0 Å². The maximum Gasteiger partial charge on any atom is 0.236 e. The van der Waals surface area contributed by atoms with Crippen molar-refractivity contribution >= 4 is 43.3 Å². The highest BCUT2D eigenvalue weighted by atomic mass is 32.2. The first-order chi connectivity index (χ1) is 17.2. The topological polar surface area (TPSA) is 106 Å². The van der Waals surface area contributed by atoms with Crippen LogP contribution in [-0.4, -0.2) is 39.7 Å². The molecule has 9 heteroatoms. The van der Waals surface area contributed by atoms with E-state index in [1.807, 2.05) is 48.7 Å². The van der Waals surface area contributed by atoms with Crippen LogP contribution in [0.25, 0.3) is 32.9 Å². The van der Waals surface area contributed by atoms with Crippen LogP contribution in [0, 0.1) is 0 Å². The Labute approximate surface area is 208 Å². The van der Waals surface area contributed by atoms with Gasteiger partial charge in [0.2, 0.25) is 15.9 Å². The summed E-state index contributed by atoms with van der Waals surface area (Å²) >= 11 is 0. The van der Waals surface area contributed by atoms with Gasteiger partial charge < -0.3 is 14.2 Å². The molecule has 0 radical (unpaired) electrons. The van der Waals surface area contributed by atoms with Gasteiger partial charge in [-0.1, -0.05) is 36.9 Å². The SMILES string of the molecule is C=CC(=O)Cn1cc(-c2cc(NS(C)(=O)=O)c3ccn(Cc4ccccc4)c3c2)c2ccnc(O)c21. The fourth-order valence-electron chi connectivity index (χ4n) is 4.47. The van der Waals surface area contributed by atoms with Crippen LogP contribution >= 0.6 is 0 Å². The summed E-state index contributed by atoms with van der Waals surface area (Å²) in [5.74, 6) is -0.410. The van der Waals surface area contributed by atoms with Crippen LogP contribution in [0.5, 0.6) is 5.88 Å². The lowest BCUT2D eigenvalue weighted by Gasteiger charge is -2.12. The Morgan fingerprint density at radius 1 is 1.11 bits per heavy atom. The molecule has 0 unspecified atom stereocenters. The fraction of sp³-hybridized carbons (Fsp3) is 0.111. The molecule has 3 heterocycles. The number of nitrogens with zero attached hydrogens (tertiary/aromatic N) is 3. The molecule has 182 valence electrons. The van der Waals surface area contributed by atoms with Crippen molar-refractivity contribution in [2.24, 2.45) is 0 Å². The molecule has 0 spiro atoms. The quantitative estimate of drug-likeness (QED) is 0.304. The van der Waals surface area contributed by atoms with Crippen molar-refractivity contribution in [3.05, 3.63) is 91.4 Å². The Kier molecular flexibility index (Phi) is 5.85. The molecule has 5 rings (SSSR count). The number of pyridine rings is 1. The third-order valence-electron chi connectivity index (χ3n) is 6.01. The maximum atomic E-state index is 12.2. The first kappa shape index (κ1) is 23.4. The number of aromatic hydroxyl groups is 1. The molecule has 0 aliphatic heterocycles. The number of sulfonamides is 1. The summed E-state index contributed by atoms with van der Waals surface area (Å²) in [5, 5.41) is 11.9. The van der Waals surface area contributed by atoms with Crippen molar-refractivity contribution in [2.45, 2.75) is 13.1 Å². The maximum absolute atomic E-state index is 12.2. The number of carbonyl (C=O) groups is 1. The molecule has 36 heavy (non-hydrogen) atoms. The standard InChI is InChI=1S/C27H24N4O4S/c1-3-20(32)16-31-17-23(21-9-11-28-27(33)26(21)31)19-13-24(29-36(2,34)35)22-10-12-30(25(22)14-19)15-18-7-5-4-6-8-18/h3-14,17,29H,1,15-16H2,2H3,(H,28,33). The lowest BCUT2D eigenvalue weighted by Crippen LogP contribution is -2.10. The van der Waals surface area contributed by atoms with E-state index >= 15 is 0 Å². The highest BCUT2D eigenvalue weighted by Gasteiger charge is 2.19. The van der Waals surface area contributed by atoms with Gasteiger partial charge in [0.1, 0.15) is 5.52 Å². The van der Waals surface area contributed by atoms with Gasteiger partial charge in [-0.15, -0.1) is 0 Å². The largest absolute Gasteiger partial charge is 0.492 e. The average Bonchev–Trinajstić information content (AvgIpc) is 3.41. The number of hydrogen-bond donors (Lipinski definition) is 2. The van der Waals surface area contributed by atoms with Crippen LogP contribution in [-0.2, 0) is 27.9 Å². The van der Waals surface area contributed by atoms with E-state index in [4.69, 9.17) is 0 Å². The Balaban J connectivity index is 1.74. The molecular weight excluding hydrogens is 476 g/mol.